The lowest BCUT2D eigenvalue weighted by Gasteiger charge is -2.22. The maximum atomic E-state index is 12.4. The fourth-order valence-electron chi connectivity index (χ4n) is 2.28. The van der Waals surface area contributed by atoms with Crippen molar-refractivity contribution in [2.45, 2.75) is 6.92 Å². The molecule has 0 aliphatic carbocycles. The van der Waals surface area contributed by atoms with Crippen LogP contribution in [0.2, 0.25) is 0 Å². The van der Waals surface area contributed by atoms with Gasteiger partial charge in [0, 0.05) is 9.64 Å². The molecule has 0 bridgehead atoms. The Kier molecular flexibility index (Phi) is 6.18. The first-order valence-corrected chi connectivity index (χ1v) is 10.3. The molecular formula is C16H16IN3O5S. The topological polar surface area (TPSA) is 110 Å². The van der Waals surface area contributed by atoms with Gasteiger partial charge in [-0.25, -0.2) is 8.42 Å². The molecule has 26 heavy (non-hydrogen) atoms. The number of benzene rings is 2. The summed E-state index contributed by atoms with van der Waals surface area (Å²) in [5.74, 6) is -0.599. The number of nitrogens with zero attached hydrogens (tertiary/aromatic N) is 2. The Morgan fingerprint density at radius 2 is 1.85 bits per heavy atom. The minimum atomic E-state index is -3.69. The van der Waals surface area contributed by atoms with E-state index in [1.807, 2.05) is 0 Å². The number of sulfonamides is 1. The van der Waals surface area contributed by atoms with Crippen LogP contribution in [0.4, 0.5) is 17.1 Å². The summed E-state index contributed by atoms with van der Waals surface area (Å²) < 4.78 is 26.0. The number of carbonyl (C=O) groups excluding carboxylic acids is 1. The van der Waals surface area contributed by atoms with Gasteiger partial charge in [0.05, 0.1) is 28.1 Å². The van der Waals surface area contributed by atoms with E-state index < -0.39 is 27.4 Å². The predicted molar refractivity (Wildman–Crippen MR) is 108 cm³/mol. The van der Waals surface area contributed by atoms with Crippen LogP contribution in [0.1, 0.15) is 5.56 Å². The van der Waals surface area contributed by atoms with E-state index >= 15 is 0 Å². The van der Waals surface area contributed by atoms with Gasteiger partial charge in [0.25, 0.3) is 5.69 Å². The Bertz CT molecular complexity index is 945. The summed E-state index contributed by atoms with van der Waals surface area (Å²) in [5, 5.41) is 13.5. The number of nitrogens with one attached hydrogen (secondary N) is 1. The Balaban J connectivity index is 2.25. The van der Waals surface area contributed by atoms with Crippen LogP contribution < -0.4 is 9.62 Å². The number of hydrogen-bond acceptors (Lipinski definition) is 5. The summed E-state index contributed by atoms with van der Waals surface area (Å²) in [6.07, 6.45) is 1.01. The van der Waals surface area contributed by atoms with E-state index in [0.717, 1.165) is 14.1 Å². The number of nitro benzene ring substituents is 1. The van der Waals surface area contributed by atoms with E-state index in [9.17, 15) is 23.3 Å². The number of hydrogen-bond donors (Lipinski definition) is 1. The molecule has 0 fully saturated rings. The lowest BCUT2D eigenvalue weighted by atomic mass is 10.1. The minimum absolute atomic E-state index is 0.125. The van der Waals surface area contributed by atoms with Crippen molar-refractivity contribution in [3.63, 3.8) is 0 Å². The first-order chi connectivity index (χ1) is 12.1. The SMILES string of the molecule is Cc1c(NC(=O)CN(c2ccc(I)cc2)S(C)(=O)=O)cccc1[N+](=O)[O-]. The predicted octanol–water partition coefficient (Wildman–Crippen LogP) is 2.91. The van der Waals surface area contributed by atoms with Crippen LogP contribution in [0.3, 0.4) is 0 Å². The lowest BCUT2D eigenvalue weighted by Crippen LogP contribution is -2.37. The average molecular weight is 489 g/mol. The zero-order chi connectivity index (χ0) is 19.5. The van der Waals surface area contributed by atoms with Crippen LogP contribution in [0.25, 0.3) is 0 Å². The summed E-state index contributed by atoms with van der Waals surface area (Å²) >= 11 is 2.09. The second-order valence-electron chi connectivity index (χ2n) is 5.50. The van der Waals surface area contributed by atoms with Crippen LogP contribution in [0, 0.1) is 20.6 Å². The molecule has 2 rings (SSSR count). The van der Waals surface area contributed by atoms with Gasteiger partial charge in [0.15, 0.2) is 0 Å². The zero-order valence-corrected chi connectivity index (χ0v) is 16.9. The molecular weight excluding hydrogens is 473 g/mol. The van der Waals surface area contributed by atoms with Crippen molar-refractivity contribution < 1.29 is 18.1 Å². The molecule has 0 unspecified atom stereocenters. The third kappa shape index (κ3) is 4.91. The summed E-state index contributed by atoms with van der Waals surface area (Å²) in [6, 6.07) is 11.0. The quantitative estimate of drug-likeness (QED) is 0.381. The van der Waals surface area contributed by atoms with E-state index in [1.165, 1.54) is 25.1 Å². The van der Waals surface area contributed by atoms with E-state index in [2.05, 4.69) is 27.9 Å². The second-order valence-corrected chi connectivity index (χ2v) is 8.65. The van der Waals surface area contributed by atoms with Crippen molar-refractivity contribution in [3.8, 4) is 0 Å². The third-order valence-corrected chi connectivity index (χ3v) is 5.44. The van der Waals surface area contributed by atoms with E-state index in [1.54, 1.807) is 24.3 Å². The van der Waals surface area contributed by atoms with E-state index in [4.69, 9.17) is 0 Å². The molecule has 1 amide bonds. The number of rotatable bonds is 6. The van der Waals surface area contributed by atoms with Gasteiger partial charge < -0.3 is 5.32 Å². The molecule has 138 valence electrons. The molecule has 1 N–H and O–H groups in total. The summed E-state index contributed by atoms with van der Waals surface area (Å²) in [5.41, 5.74) is 0.797. The third-order valence-electron chi connectivity index (χ3n) is 3.58. The lowest BCUT2D eigenvalue weighted by molar-refractivity contribution is -0.385. The molecule has 0 radical (unpaired) electrons. The number of amides is 1. The Morgan fingerprint density at radius 3 is 2.38 bits per heavy atom. The fraction of sp³-hybridized carbons (Fsp3) is 0.188. The highest BCUT2D eigenvalue weighted by molar-refractivity contribution is 14.1. The highest BCUT2D eigenvalue weighted by Crippen LogP contribution is 2.25. The molecule has 2 aromatic carbocycles. The van der Waals surface area contributed by atoms with Crippen LogP contribution in [0.15, 0.2) is 42.5 Å². The number of anilines is 2. The van der Waals surface area contributed by atoms with Crippen molar-refractivity contribution in [1.29, 1.82) is 0 Å². The number of halogens is 1. The summed E-state index contributed by atoms with van der Waals surface area (Å²) in [4.78, 5) is 22.8. The van der Waals surface area contributed by atoms with Gasteiger partial charge in [-0.3, -0.25) is 19.2 Å². The largest absolute Gasteiger partial charge is 0.324 e. The van der Waals surface area contributed by atoms with Gasteiger partial charge in [-0.05, 0) is 59.8 Å². The van der Waals surface area contributed by atoms with Crippen molar-refractivity contribution in [2.24, 2.45) is 0 Å². The summed E-state index contributed by atoms with van der Waals surface area (Å²) in [6.45, 7) is 1.07. The normalized spacial score (nSPS) is 11.0. The molecule has 10 heteroatoms. The van der Waals surface area contributed by atoms with Gasteiger partial charge in [0.1, 0.15) is 6.54 Å². The van der Waals surface area contributed by atoms with Crippen LogP contribution >= 0.6 is 22.6 Å². The van der Waals surface area contributed by atoms with Gasteiger partial charge in [0.2, 0.25) is 15.9 Å². The van der Waals surface area contributed by atoms with Crippen LogP contribution in [-0.4, -0.2) is 32.0 Å². The van der Waals surface area contributed by atoms with Crippen molar-refractivity contribution >= 4 is 55.6 Å². The Morgan fingerprint density at radius 1 is 1.23 bits per heavy atom. The standard InChI is InChI=1S/C16H16IN3O5S/c1-11-14(4-3-5-15(11)20(22)23)18-16(21)10-19(26(2,24)25)13-8-6-12(17)7-9-13/h3-9H,10H2,1-2H3,(H,18,21). The molecule has 8 nitrogen and oxygen atoms in total. The van der Waals surface area contributed by atoms with Gasteiger partial charge >= 0.3 is 0 Å². The van der Waals surface area contributed by atoms with Crippen LogP contribution in [0.5, 0.6) is 0 Å². The van der Waals surface area contributed by atoms with E-state index in [0.29, 0.717) is 11.3 Å². The minimum Gasteiger partial charge on any atom is -0.324 e. The van der Waals surface area contributed by atoms with Gasteiger partial charge in [-0.1, -0.05) is 6.07 Å². The zero-order valence-electron chi connectivity index (χ0n) is 14.0. The van der Waals surface area contributed by atoms with Gasteiger partial charge in [-0.2, -0.15) is 0 Å². The monoisotopic (exact) mass is 489 g/mol. The molecule has 0 aromatic heterocycles. The van der Waals surface area contributed by atoms with E-state index in [-0.39, 0.29) is 11.4 Å². The maximum Gasteiger partial charge on any atom is 0.274 e. The molecule has 0 saturated carbocycles. The molecule has 0 heterocycles. The molecule has 0 atom stereocenters. The molecule has 0 saturated heterocycles. The van der Waals surface area contributed by atoms with Crippen molar-refractivity contribution in [2.75, 3.05) is 22.4 Å². The summed E-state index contributed by atoms with van der Waals surface area (Å²) in [7, 11) is -3.69. The van der Waals surface area contributed by atoms with Crippen LogP contribution in [-0.2, 0) is 14.8 Å². The molecule has 2 aromatic rings. The first-order valence-electron chi connectivity index (χ1n) is 7.36. The Hall–Kier alpha value is -2.21. The number of carbonyl (C=O) groups is 1. The van der Waals surface area contributed by atoms with Crippen molar-refractivity contribution in [1.82, 2.24) is 0 Å². The van der Waals surface area contributed by atoms with Gasteiger partial charge in [-0.15, -0.1) is 0 Å². The smallest absolute Gasteiger partial charge is 0.274 e. The first kappa shape index (κ1) is 20.1. The van der Waals surface area contributed by atoms with Crippen molar-refractivity contribution in [3.05, 3.63) is 61.7 Å². The highest BCUT2D eigenvalue weighted by Gasteiger charge is 2.22. The fourth-order valence-corrected chi connectivity index (χ4v) is 3.50. The average Bonchev–Trinajstić information content (AvgIpc) is 2.54. The molecule has 0 aliphatic rings. The highest BCUT2D eigenvalue weighted by atomic mass is 127. The maximum absolute atomic E-state index is 12.4. The Labute approximate surface area is 164 Å². The molecule has 0 spiro atoms. The second kappa shape index (κ2) is 7.99. The molecule has 0 aliphatic heterocycles. The number of nitro groups is 1.